The van der Waals surface area contributed by atoms with Gasteiger partial charge in [-0.2, -0.15) is 12.7 Å². The lowest BCUT2D eigenvalue weighted by Gasteiger charge is -2.16. The van der Waals surface area contributed by atoms with Gasteiger partial charge in [-0.05, 0) is 12.1 Å². The quantitative estimate of drug-likeness (QED) is 0.295. The zero-order valence-corrected chi connectivity index (χ0v) is 11.4. The van der Waals surface area contributed by atoms with E-state index in [2.05, 4.69) is 9.88 Å². The number of hydrogen-bond acceptors (Lipinski definition) is 5. The third kappa shape index (κ3) is 4.30. The molecule has 19 heavy (non-hydrogen) atoms. The molecule has 0 atom stereocenters. The Morgan fingerprint density at radius 3 is 2.68 bits per heavy atom. The van der Waals surface area contributed by atoms with Gasteiger partial charge in [0.15, 0.2) is 5.84 Å². The van der Waals surface area contributed by atoms with Crippen molar-refractivity contribution in [3.63, 3.8) is 0 Å². The van der Waals surface area contributed by atoms with E-state index in [1.165, 1.54) is 14.1 Å². The van der Waals surface area contributed by atoms with Crippen molar-refractivity contribution >= 4 is 21.7 Å². The van der Waals surface area contributed by atoms with Crippen molar-refractivity contribution in [3.8, 4) is 5.75 Å². The summed E-state index contributed by atoms with van der Waals surface area (Å²) in [7, 11) is -0.815. The smallest absolute Gasteiger partial charge is 0.301 e. The van der Waals surface area contributed by atoms with Gasteiger partial charge < -0.3 is 15.7 Å². The van der Waals surface area contributed by atoms with Crippen molar-refractivity contribution in [1.29, 1.82) is 0 Å². The molecule has 0 aliphatic carbocycles. The van der Waals surface area contributed by atoms with Crippen LogP contribution in [0.5, 0.6) is 5.75 Å². The van der Waals surface area contributed by atoms with Gasteiger partial charge in [-0.15, -0.1) is 0 Å². The molecule has 0 fully saturated rings. The number of para-hydroxylation sites is 2. The summed E-state index contributed by atoms with van der Waals surface area (Å²) >= 11 is 0. The third-order valence-electron chi connectivity index (χ3n) is 2.11. The van der Waals surface area contributed by atoms with Crippen molar-refractivity contribution < 1.29 is 18.4 Å². The number of nitrogens with zero attached hydrogens (tertiary/aromatic N) is 2. The molecule has 9 heteroatoms. The van der Waals surface area contributed by atoms with Gasteiger partial charge >= 0.3 is 10.2 Å². The first-order valence-electron chi connectivity index (χ1n) is 5.25. The second-order valence-corrected chi connectivity index (χ2v) is 5.65. The second kappa shape index (κ2) is 6.25. The lowest BCUT2D eigenvalue weighted by Crippen LogP contribution is -2.29. The average Bonchev–Trinajstić information content (AvgIpc) is 2.36. The van der Waals surface area contributed by atoms with Crippen molar-refractivity contribution in [2.24, 2.45) is 10.9 Å². The van der Waals surface area contributed by atoms with Crippen molar-refractivity contribution in [2.75, 3.05) is 25.4 Å². The van der Waals surface area contributed by atoms with Gasteiger partial charge in [0.25, 0.3) is 0 Å². The van der Waals surface area contributed by atoms with Gasteiger partial charge in [-0.3, -0.25) is 4.72 Å². The largest absolute Gasteiger partial charge is 0.483 e. The van der Waals surface area contributed by atoms with Gasteiger partial charge in [-0.1, -0.05) is 17.3 Å². The van der Waals surface area contributed by atoms with Crippen LogP contribution in [0, 0.1) is 0 Å². The number of benzene rings is 1. The normalized spacial score (nSPS) is 12.5. The van der Waals surface area contributed by atoms with Crippen LogP contribution < -0.4 is 15.2 Å². The second-order valence-electron chi connectivity index (χ2n) is 3.77. The maximum absolute atomic E-state index is 11.7. The predicted octanol–water partition coefficient (Wildman–Crippen LogP) is 0.0301. The van der Waals surface area contributed by atoms with Crippen LogP contribution in [0.2, 0.25) is 0 Å². The lowest BCUT2D eigenvalue weighted by molar-refractivity contribution is 0.306. The molecule has 0 heterocycles. The van der Waals surface area contributed by atoms with Crippen LogP contribution in [0.1, 0.15) is 0 Å². The summed E-state index contributed by atoms with van der Waals surface area (Å²) in [6.07, 6.45) is 0. The number of rotatable bonds is 6. The fraction of sp³-hybridized carbons (Fsp3) is 0.300. The molecule has 1 rings (SSSR count). The number of amidine groups is 1. The van der Waals surface area contributed by atoms with Crippen LogP contribution in [0.4, 0.5) is 5.69 Å². The van der Waals surface area contributed by atoms with E-state index < -0.39 is 10.2 Å². The van der Waals surface area contributed by atoms with Gasteiger partial charge in [0.05, 0.1) is 5.69 Å². The van der Waals surface area contributed by atoms with Crippen molar-refractivity contribution in [2.45, 2.75) is 0 Å². The van der Waals surface area contributed by atoms with Crippen LogP contribution in [0.25, 0.3) is 0 Å². The molecule has 0 spiro atoms. The molecular weight excluding hydrogens is 272 g/mol. The minimum Gasteiger partial charge on any atom is -0.483 e. The van der Waals surface area contributed by atoms with Crippen molar-refractivity contribution in [1.82, 2.24) is 4.31 Å². The molecule has 0 bridgehead atoms. The molecule has 0 radical (unpaired) electrons. The summed E-state index contributed by atoms with van der Waals surface area (Å²) in [5, 5.41) is 11.2. The Bertz CT molecular complexity index is 556. The molecule has 0 unspecified atom stereocenters. The van der Waals surface area contributed by atoms with E-state index >= 15 is 0 Å². The fourth-order valence-corrected chi connectivity index (χ4v) is 1.72. The van der Waals surface area contributed by atoms with E-state index in [4.69, 9.17) is 15.7 Å². The van der Waals surface area contributed by atoms with Crippen LogP contribution in [-0.2, 0) is 10.2 Å². The Kier molecular flexibility index (Phi) is 4.95. The Morgan fingerprint density at radius 2 is 2.11 bits per heavy atom. The van der Waals surface area contributed by atoms with Crippen LogP contribution >= 0.6 is 0 Å². The van der Waals surface area contributed by atoms with Crippen molar-refractivity contribution in [3.05, 3.63) is 24.3 Å². The number of oxime groups is 1. The summed E-state index contributed by atoms with van der Waals surface area (Å²) in [5.41, 5.74) is 5.54. The molecular formula is C10H16N4O4S. The molecule has 4 N–H and O–H groups in total. The summed E-state index contributed by atoms with van der Waals surface area (Å²) in [5.74, 6) is 0.157. The Morgan fingerprint density at radius 1 is 1.47 bits per heavy atom. The van der Waals surface area contributed by atoms with Gasteiger partial charge in [0, 0.05) is 14.1 Å². The summed E-state index contributed by atoms with van der Waals surface area (Å²) in [6.45, 7) is -0.156. The summed E-state index contributed by atoms with van der Waals surface area (Å²) < 4.78 is 32.1. The molecule has 0 amide bonds. The molecule has 0 saturated carbocycles. The van der Waals surface area contributed by atoms with Gasteiger partial charge in [0.2, 0.25) is 0 Å². The topological polar surface area (TPSA) is 117 Å². The Labute approximate surface area is 111 Å². The third-order valence-corrected chi connectivity index (χ3v) is 3.55. The predicted molar refractivity (Wildman–Crippen MR) is 71.6 cm³/mol. The SMILES string of the molecule is CN(C)S(=O)(=O)Nc1ccccc1OC/C(N)=N/O. The zero-order valence-electron chi connectivity index (χ0n) is 10.6. The number of ether oxygens (including phenoxy) is 1. The molecule has 1 aromatic rings. The Balaban J connectivity index is 2.91. The van der Waals surface area contributed by atoms with E-state index in [-0.39, 0.29) is 23.9 Å². The van der Waals surface area contributed by atoms with Gasteiger partial charge in [0.1, 0.15) is 12.4 Å². The van der Waals surface area contributed by atoms with E-state index in [9.17, 15) is 8.42 Å². The van der Waals surface area contributed by atoms with E-state index in [0.29, 0.717) is 0 Å². The highest BCUT2D eigenvalue weighted by Gasteiger charge is 2.15. The molecule has 0 aliphatic rings. The molecule has 0 aromatic heterocycles. The van der Waals surface area contributed by atoms with Gasteiger partial charge in [-0.25, -0.2) is 0 Å². The molecule has 106 valence electrons. The van der Waals surface area contributed by atoms with E-state index in [0.717, 1.165) is 4.31 Å². The average molecular weight is 288 g/mol. The van der Waals surface area contributed by atoms with Crippen LogP contribution in [0.15, 0.2) is 29.4 Å². The number of nitrogens with two attached hydrogens (primary N) is 1. The standard InChI is InChI=1S/C10H16N4O4S/c1-14(2)19(16,17)13-8-5-3-4-6-9(8)18-7-10(11)12-15/h3-6,13,15H,7H2,1-2H3,(H2,11,12). The minimum atomic E-state index is -3.63. The summed E-state index contributed by atoms with van der Waals surface area (Å²) in [4.78, 5) is 0. The highest BCUT2D eigenvalue weighted by Crippen LogP contribution is 2.24. The monoisotopic (exact) mass is 288 g/mol. The maximum Gasteiger partial charge on any atom is 0.301 e. The highest BCUT2D eigenvalue weighted by molar-refractivity contribution is 7.90. The number of nitrogens with one attached hydrogen (secondary N) is 1. The van der Waals surface area contributed by atoms with E-state index in [1.807, 2.05) is 0 Å². The first-order chi connectivity index (χ1) is 8.86. The molecule has 0 saturated heterocycles. The number of hydrogen-bond donors (Lipinski definition) is 3. The minimum absolute atomic E-state index is 0.120. The van der Waals surface area contributed by atoms with E-state index in [1.54, 1.807) is 24.3 Å². The maximum atomic E-state index is 11.7. The highest BCUT2D eigenvalue weighted by atomic mass is 32.2. The van der Waals surface area contributed by atoms with Crippen LogP contribution in [0.3, 0.4) is 0 Å². The Hall–Kier alpha value is -2.00. The summed E-state index contributed by atoms with van der Waals surface area (Å²) in [6, 6.07) is 6.44. The molecule has 1 aromatic carbocycles. The lowest BCUT2D eigenvalue weighted by atomic mass is 10.3. The first-order valence-corrected chi connectivity index (χ1v) is 6.69. The molecule has 0 aliphatic heterocycles. The molecule has 8 nitrogen and oxygen atoms in total. The number of anilines is 1. The zero-order chi connectivity index (χ0) is 14.5. The van der Waals surface area contributed by atoms with Crippen LogP contribution in [-0.4, -0.2) is 44.5 Å². The first kappa shape index (κ1) is 15.1. The fourth-order valence-electron chi connectivity index (χ4n) is 1.09.